The average molecular weight is 569 g/mol. The van der Waals surface area contributed by atoms with E-state index in [0.717, 1.165) is 12.1 Å². The molecular formula is C24H30F2N6O8. The van der Waals surface area contributed by atoms with Gasteiger partial charge in [-0.3, -0.25) is 9.59 Å². The normalized spacial score (nSPS) is 21.6. The second-order valence-electron chi connectivity index (χ2n) is 8.57. The fourth-order valence-corrected chi connectivity index (χ4v) is 3.76. The van der Waals surface area contributed by atoms with Crippen LogP contribution in [0.25, 0.3) is 0 Å². The Balaban J connectivity index is 2.40. The summed E-state index contributed by atoms with van der Waals surface area (Å²) in [4.78, 5) is 61.4. The van der Waals surface area contributed by atoms with Crippen LogP contribution >= 0.6 is 0 Å². The van der Waals surface area contributed by atoms with Gasteiger partial charge in [0.15, 0.2) is 6.10 Å². The highest BCUT2D eigenvalue weighted by molar-refractivity contribution is 5.91. The van der Waals surface area contributed by atoms with Crippen LogP contribution in [0.3, 0.4) is 0 Å². The summed E-state index contributed by atoms with van der Waals surface area (Å²) in [6, 6.07) is -0.172. The summed E-state index contributed by atoms with van der Waals surface area (Å²) in [5, 5.41) is 22.5. The molecule has 40 heavy (non-hydrogen) atoms. The number of carbonyl (C=O) groups is 5. The van der Waals surface area contributed by atoms with Gasteiger partial charge in [0.05, 0.1) is 18.3 Å². The molecule has 1 aromatic carbocycles. The highest BCUT2D eigenvalue weighted by Gasteiger charge is 2.53. The third-order valence-electron chi connectivity index (χ3n) is 5.48. The van der Waals surface area contributed by atoms with Crippen LogP contribution in [0.5, 0.6) is 0 Å². The second kappa shape index (κ2) is 14.4. The van der Waals surface area contributed by atoms with Crippen LogP contribution in [0.15, 0.2) is 43.5 Å². The number of halogens is 2. The molecule has 1 aliphatic carbocycles. The van der Waals surface area contributed by atoms with Crippen molar-refractivity contribution in [3.8, 4) is 0 Å². The number of anilines is 1. The van der Waals surface area contributed by atoms with E-state index in [1.807, 2.05) is 0 Å². The number of primary amides is 1. The van der Waals surface area contributed by atoms with Gasteiger partial charge < -0.3 is 46.9 Å². The molecule has 0 radical (unpaired) electrons. The summed E-state index contributed by atoms with van der Waals surface area (Å²) in [5.74, 6) is -4.01. The molecule has 6 amide bonds. The smallest absolute Gasteiger partial charge is 0.407 e. The van der Waals surface area contributed by atoms with Crippen LogP contribution in [-0.4, -0.2) is 78.6 Å². The van der Waals surface area contributed by atoms with Crippen LogP contribution in [0.2, 0.25) is 0 Å². The van der Waals surface area contributed by atoms with Gasteiger partial charge in [0.2, 0.25) is 5.91 Å². The van der Waals surface area contributed by atoms with Gasteiger partial charge in [0, 0.05) is 32.0 Å². The highest BCUT2D eigenvalue weighted by atomic mass is 19.1. The quantitative estimate of drug-likeness (QED) is 0.182. The number of nitrogens with two attached hydrogens (primary N) is 1. The van der Waals surface area contributed by atoms with Gasteiger partial charge in [-0.1, -0.05) is 12.2 Å². The zero-order valence-electron chi connectivity index (χ0n) is 21.2. The van der Waals surface area contributed by atoms with E-state index in [9.17, 15) is 37.9 Å². The predicted molar refractivity (Wildman–Crippen MR) is 136 cm³/mol. The van der Waals surface area contributed by atoms with E-state index in [1.54, 1.807) is 0 Å². The summed E-state index contributed by atoms with van der Waals surface area (Å²) in [6.07, 6.45) is -3.65. The average Bonchev–Trinajstić information content (AvgIpc) is 2.88. The molecule has 1 saturated carbocycles. The minimum atomic E-state index is -2.38. The molecule has 1 aliphatic rings. The lowest BCUT2D eigenvalue weighted by molar-refractivity contribution is -0.158. The van der Waals surface area contributed by atoms with Gasteiger partial charge in [-0.2, -0.15) is 0 Å². The van der Waals surface area contributed by atoms with Crippen molar-refractivity contribution in [2.45, 2.75) is 36.7 Å². The standard InChI is InChI=1S/C24H30F2N6O8/c1-3-7-28-22(36)39-17-11-24(38,20(34)30-12-18(27)33)10-16(19(17)40-23(37)29-8-4-2)32-21(35)31-15-6-5-13(25)9-14(15)26/h3-6,9,16-17,19,38H,1-2,7-8,10-12H2,(H2,27,33)(H,28,36)(H,29,37)(H,30,34)(H2,31,32,35). The zero-order valence-corrected chi connectivity index (χ0v) is 21.2. The van der Waals surface area contributed by atoms with Crippen LogP contribution in [-0.2, 0) is 19.1 Å². The van der Waals surface area contributed by atoms with Crippen molar-refractivity contribution in [1.29, 1.82) is 0 Å². The predicted octanol–water partition coefficient (Wildman–Crippen LogP) is 0.143. The van der Waals surface area contributed by atoms with Crippen molar-refractivity contribution in [3.63, 3.8) is 0 Å². The van der Waals surface area contributed by atoms with E-state index in [2.05, 4.69) is 39.7 Å². The minimum absolute atomic E-state index is 0.0151. The third-order valence-corrected chi connectivity index (χ3v) is 5.48. The number of hydrogen-bond acceptors (Lipinski definition) is 8. The Hall–Kier alpha value is -4.73. The van der Waals surface area contributed by atoms with Gasteiger partial charge in [-0.25, -0.2) is 23.2 Å². The number of ether oxygens (including phenoxy) is 2. The number of urea groups is 1. The molecule has 0 aromatic heterocycles. The lowest BCUT2D eigenvalue weighted by Gasteiger charge is -2.43. The number of amides is 6. The molecule has 14 nitrogen and oxygen atoms in total. The lowest BCUT2D eigenvalue weighted by Crippen LogP contribution is -2.65. The topological polar surface area (TPSA) is 210 Å². The highest BCUT2D eigenvalue weighted by Crippen LogP contribution is 2.33. The number of nitrogens with one attached hydrogen (secondary N) is 5. The first-order valence-corrected chi connectivity index (χ1v) is 11.8. The van der Waals surface area contributed by atoms with Crippen LogP contribution in [0.4, 0.5) is 28.9 Å². The van der Waals surface area contributed by atoms with Gasteiger partial charge >= 0.3 is 18.2 Å². The van der Waals surface area contributed by atoms with Crippen molar-refractivity contribution in [1.82, 2.24) is 21.3 Å². The Morgan fingerprint density at radius 3 is 2.23 bits per heavy atom. The number of benzene rings is 1. The van der Waals surface area contributed by atoms with E-state index >= 15 is 0 Å². The third kappa shape index (κ3) is 9.23. The van der Waals surface area contributed by atoms with Crippen LogP contribution < -0.4 is 32.3 Å². The molecule has 0 aliphatic heterocycles. The van der Waals surface area contributed by atoms with Crippen molar-refractivity contribution >= 4 is 35.7 Å². The Morgan fingerprint density at radius 2 is 1.65 bits per heavy atom. The number of carbonyl (C=O) groups excluding carboxylic acids is 5. The lowest BCUT2D eigenvalue weighted by atomic mass is 9.77. The summed E-state index contributed by atoms with van der Waals surface area (Å²) in [7, 11) is 0. The number of alkyl carbamates (subject to hydrolysis) is 2. The van der Waals surface area contributed by atoms with Crippen molar-refractivity contribution in [3.05, 3.63) is 55.1 Å². The number of hydrogen-bond donors (Lipinski definition) is 7. The molecule has 0 bridgehead atoms. The van der Waals surface area contributed by atoms with E-state index in [4.69, 9.17) is 15.2 Å². The summed E-state index contributed by atoms with van der Waals surface area (Å²) < 4.78 is 38.0. The fraction of sp³-hybridized carbons (Fsp3) is 0.375. The summed E-state index contributed by atoms with van der Waals surface area (Å²) in [6.45, 7) is 6.22. The first-order valence-electron chi connectivity index (χ1n) is 11.8. The van der Waals surface area contributed by atoms with Crippen molar-refractivity contribution in [2.75, 3.05) is 25.0 Å². The molecule has 0 saturated heterocycles. The molecule has 1 aromatic rings. The molecule has 0 heterocycles. The molecule has 1 fully saturated rings. The second-order valence-corrected chi connectivity index (χ2v) is 8.57. The molecule has 0 spiro atoms. The van der Waals surface area contributed by atoms with Crippen LogP contribution in [0, 0.1) is 11.6 Å². The molecule has 8 N–H and O–H groups in total. The van der Waals surface area contributed by atoms with Gasteiger partial charge in [0.25, 0.3) is 5.91 Å². The van der Waals surface area contributed by atoms with Crippen molar-refractivity contribution in [2.24, 2.45) is 5.73 Å². The van der Waals surface area contributed by atoms with Crippen molar-refractivity contribution < 1.29 is 47.3 Å². The largest absolute Gasteiger partial charge is 0.442 e. The SMILES string of the molecule is C=CCNC(=O)OC1CC(O)(C(=O)NCC(N)=O)CC(NC(=O)Nc2ccc(F)cc2F)C1OC(=O)NCC=C. The zero-order chi connectivity index (χ0) is 29.9. The maximum atomic E-state index is 14.1. The summed E-state index contributed by atoms with van der Waals surface area (Å²) in [5.41, 5.74) is 2.25. The Bertz CT molecular complexity index is 1150. The molecule has 4 atom stereocenters. The first-order chi connectivity index (χ1) is 18.9. The van der Waals surface area contributed by atoms with E-state index in [-0.39, 0.29) is 13.1 Å². The Morgan fingerprint density at radius 1 is 1.02 bits per heavy atom. The Kier molecular flexibility index (Phi) is 11.4. The number of aliphatic hydroxyl groups is 1. The molecule has 2 rings (SSSR count). The molecule has 16 heteroatoms. The van der Waals surface area contributed by atoms with E-state index in [1.165, 1.54) is 12.2 Å². The van der Waals surface area contributed by atoms with E-state index in [0.29, 0.717) is 6.07 Å². The van der Waals surface area contributed by atoms with Gasteiger partial charge in [-0.15, -0.1) is 13.2 Å². The summed E-state index contributed by atoms with van der Waals surface area (Å²) >= 11 is 0. The first kappa shape index (κ1) is 31.5. The van der Waals surface area contributed by atoms with Gasteiger partial charge in [-0.05, 0) is 12.1 Å². The maximum Gasteiger partial charge on any atom is 0.407 e. The molecule has 4 unspecified atom stereocenters. The number of rotatable bonds is 11. The monoisotopic (exact) mass is 568 g/mol. The van der Waals surface area contributed by atoms with E-state index < -0.39 is 90.6 Å². The Labute approximate surface area is 227 Å². The molecule has 218 valence electrons. The fourth-order valence-electron chi connectivity index (χ4n) is 3.76. The molecular weight excluding hydrogens is 538 g/mol. The van der Waals surface area contributed by atoms with Crippen LogP contribution in [0.1, 0.15) is 12.8 Å². The minimum Gasteiger partial charge on any atom is -0.442 e. The maximum absolute atomic E-state index is 14.1. The van der Waals surface area contributed by atoms with Gasteiger partial charge in [0.1, 0.15) is 23.3 Å².